The summed E-state index contributed by atoms with van der Waals surface area (Å²) in [4.78, 5) is 36.6. The van der Waals surface area contributed by atoms with Crippen molar-refractivity contribution in [1.82, 2.24) is 9.55 Å². The molecule has 110 valence electrons. The molecule has 0 spiro atoms. The summed E-state index contributed by atoms with van der Waals surface area (Å²) >= 11 is 0. The Morgan fingerprint density at radius 3 is 2.85 bits per heavy atom. The van der Waals surface area contributed by atoms with E-state index in [1.54, 1.807) is 0 Å². The average molecular weight is 286 g/mol. The first-order valence-electron chi connectivity index (χ1n) is 5.86. The molecule has 9 heteroatoms. The van der Waals surface area contributed by atoms with Crippen LogP contribution in [0.5, 0.6) is 0 Å². The van der Waals surface area contributed by atoms with E-state index < -0.39 is 42.3 Å². The number of aliphatic hydroxyl groups excluding tert-OH is 2. The molecule has 0 amide bonds. The van der Waals surface area contributed by atoms with Crippen LogP contribution in [0.2, 0.25) is 0 Å². The van der Waals surface area contributed by atoms with E-state index in [0.29, 0.717) is 0 Å². The van der Waals surface area contributed by atoms with Gasteiger partial charge < -0.3 is 19.7 Å². The first-order chi connectivity index (χ1) is 9.47. The predicted molar refractivity (Wildman–Crippen MR) is 64.3 cm³/mol. The van der Waals surface area contributed by atoms with Crippen LogP contribution in [-0.4, -0.2) is 51.7 Å². The second kappa shape index (κ2) is 5.57. The summed E-state index contributed by atoms with van der Waals surface area (Å²) in [6.07, 6.45) is -1.57. The van der Waals surface area contributed by atoms with E-state index in [2.05, 4.69) is 4.74 Å². The van der Waals surface area contributed by atoms with Crippen LogP contribution in [0.15, 0.2) is 15.8 Å². The van der Waals surface area contributed by atoms with Crippen LogP contribution in [0.4, 0.5) is 0 Å². The number of rotatable bonds is 3. The molecule has 2 rings (SSSR count). The molecule has 0 radical (unpaired) electrons. The Morgan fingerprint density at radius 1 is 1.60 bits per heavy atom. The molecule has 0 unspecified atom stereocenters. The second-order valence-electron chi connectivity index (χ2n) is 4.32. The van der Waals surface area contributed by atoms with Crippen LogP contribution < -0.4 is 11.2 Å². The van der Waals surface area contributed by atoms with Crippen LogP contribution in [0.1, 0.15) is 23.0 Å². The standard InChI is InChI=1S/C11H14N2O7/c1-19-10(17)5-3-13(11(18)12-9(5)16)8-2-6(15)7(4-14)20-8/h3,6-8,14-15H,2,4H2,1H3,(H,12,16,18)/t6-,7+,8+/m1/s1. The number of carbonyl (C=O) groups excluding carboxylic acids is 1. The molecule has 1 aliphatic rings. The molecule has 9 nitrogen and oxygen atoms in total. The van der Waals surface area contributed by atoms with E-state index >= 15 is 0 Å². The molecular weight excluding hydrogens is 272 g/mol. The Kier molecular flexibility index (Phi) is 4.02. The zero-order valence-corrected chi connectivity index (χ0v) is 10.6. The van der Waals surface area contributed by atoms with E-state index in [1.807, 2.05) is 4.98 Å². The normalized spacial score (nSPS) is 25.6. The molecule has 1 saturated heterocycles. The Labute approximate surface area is 112 Å². The maximum Gasteiger partial charge on any atom is 0.345 e. The molecule has 0 aliphatic carbocycles. The van der Waals surface area contributed by atoms with Crippen LogP contribution in [-0.2, 0) is 9.47 Å². The smallest absolute Gasteiger partial charge is 0.345 e. The molecule has 1 fully saturated rings. The highest BCUT2D eigenvalue weighted by Gasteiger charge is 2.35. The van der Waals surface area contributed by atoms with Crippen LogP contribution >= 0.6 is 0 Å². The van der Waals surface area contributed by atoms with Gasteiger partial charge in [0.05, 0.1) is 19.8 Å². The minimum Gasteiger partial charge on any atom is -0.465 e. The van der Waals surface area contributed by atoms with Crippen molar-refractivity contribution in [3.05, 3.63) is 32.6 Å². The van der Waals surface area contributed by atoms with Crippen molar-refractivity contribution in [1.29, 1.82) is 0 Å². The number of nitrogens with one attached hydrogen (secondary N) is 1. The lowest BCUT2D eigenvalue weighted by Gasteiger charge is -2.14. The summed E-state index contributed by atoms with van der Waals surface area (Å²) in [7, 11) is 1.11. The molecule has 20 heavy (non-hydrogen) atoms. The third kappa shape index (κ3) is 2.50. The molecule has 0 saturated carbocycles. The molecule has 3 atom stereocenters. The molecular formula is C11H14N2O7. The zero-order chi connectivity index (χ0) is 14.9. The SMILES string of the molecule is COC(=O)c1cn([C@@H]2C[C@@H](O)[C@H](CO)O2)c(=O)[nH]c1=O. The van der Waals surface area contributed by atoms with Gasteiger partial charge in [0.15, 0.2) is 0 Å². The van der Waals surface area contributed by atoms with Crippen molar-refractivity contribution in [2.75, 3.05) is 13.7 Å². The lowest BCUT2D eigenvalue weighted by atomic mass is 10.2. The number of H-pyrrole nitrogens is 1. The van der Waals surface area contributed by atoms with Gasteiger partial charge in [-0.15, -0.1) is 0 Å². The Morgan fingerprint density at radius 2 is 2.30 bits per heavy atom. The average Bonchev–Trinajstić information content (AvgIpc) is 2.79. The van der Waals surface area contributed by atoms with E-state index in [0.717, 1.165) is 17.9 Å². The minimum absolute atomic E-state index is 0.0534. The number of aromatic nitrogens is 2. The van der Waals surface area contributed by atoms with Gasteiger partial charge in [0.1, 0.15) is 17.9 Å². The number of ether oxygens (including phenoxy) is 2. The van der Waals surface area contributed by atoms with Gasteiger partial charge in [0.2, 0.25) is 0 Å². The van der Waals surface area contributed by atoms with Gasteiger partial charge in [0, 0.05) is 12.6 Å². The quantitative estimate of drug-likeness (QED) is 0.546. The topological polar surface area (TPSA) is 131 Å². The summed E-state index contributed by atoms with van der Waals surface area (Å²) < 4.78 is 10.7. The van der Waals surface area contributed by atoms with E-state index in [-0.39, 0.29) is 12.0 Å². The Balaban J connectivity index is 2.40. The summed E-state index contributed by atoms with van der Waals surface area (Å²) in [5.74, 6) is -0.891. The lowest BCUT2D eigenvalue weighted by Crippen LogP contribution is -2.35. The molecule has 1 aliphatic heterocycles. The highest BCUT2D eigenvalue weighted by molar-refractivity contribution is 5.88. The first kappa shape index (κ1) is 14.4. The molecule has 2 heterocycles. The van der Waals surface area contributed by atoms with E-state index in [4.69, 9.17) is 9.84 Å². The van der Waals surface area contributed by atoms with Crippen molar-refractivity contribution in [3.63, 3.8) is 0 Å². The number of nitrogens with zero attached hydrogens (tertiary/aromatic N) is 1. The predicted octanol–water partition coefficient (Wildman–Crippen LogP) is -2.04. The number of esters is 1. The number of methoxy groups -OCH3 is 1. The molecule has 0 bridgehead atoms. The van der Waals surface area contributed by atoms with E-state index in [9.17, 15) is 19.5 Å². The summed E-state index contributed by atoms with van der Waals surface area (Å²) in [5, 5.41) is 18.6. The maximum atomic E-state index is 11.7. The highest BCUT2D eigenvalue weighted by atomic mass is 16.5. The monoisotopic (exact) mass is 286 g/mol. The number of hydrogen-bond acceptors (Lipinski definition) is 7. The van der Waals surface area contributed by atoms with Gasteiger partial charge in [-0.05, 0) is 0 Å². The number of carbonyl (C=O) groups is 1. The van der Waals surface area contributed by atoms with Crippen LogP contribution in [0.3, 0.4) is 0 Å². The number of aliphatic hydroxyl groups is 2. The number of aromatic amines is 1. The maximum absolute atomic E-state index is 11.7. The Bertz CT molecular complexity index is 620. The fraction of sp³-hybridized carbons (Fsp3) is 0.545. The summed E-state index contributed by atoms with van der Waals surface area (Å²) in [6.45, 7) is -0.403. The number of hydrogen-bond donors (Lipinski definition) is 3. The molecule has 1 aromatic heterocycles. The fourth-order valence-corrected chi connectivity index (χ4v) is 2.00. The molecule has 1 aromatic rings. The third-order valence-corrected chi connectivity index (χ3v) is 3.07. The second-order valence-corrected chi connectivity index (χ2v) is 4.32. The van der Waals surface area contributed by atoms with Crippen molar-refractivity contribution in [3.8, 4) is 0 Å². The van der Waals surface area contributed by atoms with Gasteiger partial charge >= 0.3 is 11.7 Å². The summed E-state index contributed by atoms with van der Waals surface area (Å²) in [6, 6.07) is 0. The van der Waals surface area contributed by atoms with Gasteiger partial charge in [-0.1, -0.05) is 0 Å². The van der Waals surface area contributed by atoms with Gasteiger partial charge in [-0.2, -0.15) is 0 Å². The van der Waals surface area contributed by atoms with Crippen LogP contribution in [0, 0.1) is 0 Å². The zero-order valence-electron chi connectivity index (χ0n) is 10.6. The van der Waals surface area contributed by atoms with Crippen molar-refractivity contribution >= 4 is 5.97 Å². The van der Waals surface area contributed by atoms with Gasteiger partial charge in [0.25, 0.3) is 5.56 Å². The van der Waals surface area contributed by atoms with Gasteiger partial charge in [-0.3, -0.25) is 14.3 Å². The fourth-order valence-electron chi connectivity index (χ4n) is 2.00. The van der Waals surface area contributed by atoms with E-state index in [1.165, 1.54) is 0 Å². The van der Waals surface area contributed by atoms with Crippen molar-refractivity contribution in [2.24, 2.45) is 0 Å². The largest absolute Gasteiger partial charge is 0.465 e. The lowest BCUT2D eigenvalue weighted by molar-refractivity contribution is -0.0460. The minimum atomic E-state index is -0.939. The summed E-state index contributed by atoms with van der Waals surface area (Å²) in [5.41, 5.74) is -1.99. The van der Waals surface area contributed by atoms with Gasteiger partial charge in [-0.25, -0.2) is 9.59 Å². The first-order valence-corrected chi connectivity index (χ1v) is 5.86. The highest BCUT2D eigenvalue weighted by Crippen LogP contribution is 2.27. The molecule has 3 N–H and O–H groups in total. The van der Waals surface area contributed by atoms with Crippen molar-refractivity contribution in [2.45, 2.75) is 24.9 Å². The molecule has 0 aromatic carbocycles. The van der Waals surface area contributed by atoms with Crippen LogP contribution in [0.25, 0.3) is 0 Å². The third-order valence-electron chi connectivity index (χ3n) is 3.07. The Hall–Kier alpha value is -1.97. The van der Waals surface area contributed by atoms with Crippen molar-refractivity contribution < 1.29 is 24.5 Å².